The zero-order valence-electron chi connectivity index (χ0n) is 15.9. The van der Waals surface area contributed by atoms with Gasteiger partial charge in [-0.1, -0.05) is 30.3 Å². The number of benzene rings is 1. The molecular weight excluding hydrogens is 384 g/mol. The van der Waals surface area contributed by atoms with Crippen LogP contribution in [0.3, 0.4) is 0 Å². The lowest BCUT2D eigenvalue weighted by atomic mass is 10.0. The van der Waals surface area contributed by atoms with Crippen molar-refractivity contribution in [2.45, 2.75) is 19.4 Å². The normalized spacial score (nSPS) is 12.9. The molecule has 6 nitrogen and oxygen atoms in total. The van der Waals surface area contributed by atoms with Crippen molar-refractivity contribution in [2.75, 3.05) is 18.4 Å². The number of pyridine rings is 1. The van der Waals surface area contributed by atoms with E-state index in [1.54, 1.807) is 28.4 Å². The molecule has 0 saturated heterocycles. The number of carbonyl (C=O) groups excluding carboxylic acids is 2. The van der Waals surface area contributed by atoms with Crippen LogP contribution in [-0.2, 0) is 19.4 Å². The summed E-state index contributed by atoms with van der Waals surface area (Å²) in [5.41, 5.74) is 2.95. The maximum Gasteiger partial charge on any atom is 0.323 e. The van der Waals surface area contributed by atoms with Crippen molar-refractivity contribution in [2.24, 2.45) is 0 Å². The van der Waals surface area contributed by atoms with E-state index in [2.05, 4.69) is 33.8 Å². The fourth-order valence-electron chi connectivity index (χ4n) is 3.32. The number of anilines is 1. The predicted octanol–water partition coefficient (Wildman–Crippen LogP) is 3.71. The summed E-state index contributed by atoms with van der Waals surface area (Å²) in [4.78, 5) is 32.0. The monoisotopic (exact) mass is 406 g/mol. The van der Waals surface area contributed by atoms with Gasteiger partial charge in [0.25, 0.3) is 5.91 Å². The standard InChI is InChI=1S/C22H22N4O2S/c27-21(23-11-9-19-6-3-13-29-19)17-7-8-20(24-14-17)25-22(28)26-12-10-16-4-1-2-5-18(16)15-26/h1-8,13-14H,9-12,15H2,(H,23,27)(H,24,25,28). The molecule has 1 aliphatic rings. The Labute approximate surface area is 173 Å². The summed E-state index contributed by atoms with van der Waals surface area (Å²) in [6, 6.07) is 15.4. The van der Waals surface area contributed by atoms with Crippen LogP contribution in [0.4, 0.5) is 10.6 Å². The Bertz CT molecular complexity index is 986. The number of urea groups is 1. The highest BCUT2D eigenvalue weighted by Gasteiger charge is 2.20. The molecule has 3 heterocycles. The zero-order valence-corrected chi connectivity index (χ0v) is 16.7. The molecule has 2 N–H and O–H groups in total. The fraction of sp³-hybridized carbons (Fsp3) is 0.227. The molecule has 0 fully saturated rings. The third-order valence-corrected chi connectivity index (χ3v) is 5.85. The van der Waals surface area contributed by atoms with E-state index in [-0.39, 0.29) is 11.9 Å². The van der Waals surface area contributed by atoms with Gasteiger partial charge in [-0.15, -0.1) is 11.3 Å². The third-order valence-electron chi connectivity index (χ3n) is 4.92. The maximum absolute atomic E-state index is 12.5. The second-order valence-electron chi connectivity index (χ2n) is 6.89. The summed E-state index contributed by atoms with van der Waals surface area (Å²) in [5.74, 6) is 0.267. The molecule has 3 aromatic rings. The number of amides is 3. The van der Waals surface area contributed by atoms with Gasteiger partial charge in [0.1, 0.15) is 5.82 Å². The van der Waals surface area contributed by atoms with Crippen LogP contribution in [-0.4, -0.2) is 34.9 Å². The highest BCUT2D eigenvalue weighted by atomic mass is 32.1. The van der Waals surface area contributed by atoms with Crippen LogP contribution in [0.25, 0.3) is 0 Å². The van der Waals surface area contributed by atoms with E-state index < -0.39 is 0 Å². The Morgan fingerprint density at radius 2 is 1.93 bits per heavy atom. The van der Waals surface area contributed by atoms with Crippen molar-refractivity contribution >= 4 is 29.1 Å². The minimum Gasteiger partial charge on any atom is -0.352 e. The van der Waals surface area contributed by atoms with Gasteiger partial charge >= 0.3 is 6.03 Å². The molecule has 4 rings (SSSR count). The Kier molecular flexibility index (Phi) is 5.86. The van der Waals surface area contributed by atoms with Gasteiger partial charge in [0.05, 0.1) is 5.56 Å². The summed E-state index contributed by atoms with van der Waals surface area (Å²) in [5, 5.41) is 7.73. The molecule has 1 aromatic carbocycles. The van der Waals surface area contributed by atoms with Crippen molar-refractivity contribution in [1.29, 1.82) is 0 Å². The van der Waals surface area contributed by atoms with Crippen LogP contribution in [0.1, 0.15) is 26.4 Å². The topological polar surface area (TPSA) is 74.3 Å². The van der Waals surface area contributed by atoms with Crippen molar-refractivity contribution < 1.29 is 9.59 Å². The van der Waals surface area contributed by atoms with Crippen LogP contribution in [0.15, 0.2) is 60.1 Å². The van der Waals surface area contributed by atoms with E-state index in [0.717, 1.165) is 12.8 Å². The second-order valence-corrected chi connectivity index (χ2v) is 7.92. The van der Waals surface area contributed by atoms with Crippen LogP contribution < -0.4 is 10.6 Å². The van der Waals surface area contributed by atoms with E-state index in [9.17, 15) is 9.59 Å². The lowest BCUT2D eigenvalue weighted by Crippen LogP contribution is -2.39. The molecule has 7 heteroatoms. The summed E-state index contributed by atoms with van der Waals surface area (Å²) >= 11 is 1.68. The number of hydrogen-bond acceptors (Lipinski definition) is 4. The number of thiophene rings is 1. The zero-order chi connectivity index (χ0) is 20.1. The number of carbonyl (C=O) groups is 2. The first kappa shape index (κ1) is 19.1. The minimum atomic E-state index is -0.180. The number of nitrogens with one attached hydrogen (secondary N) is 2. The Hall–Kier alpha value is -3.19. The van der Waals surface area contributed by atoms with Crippen LogP contribution in [0.5, 0.6) is 0 Å². The average Bonchev–Trinajstić information content (AvgIpc) is 3.27. The molecule has 0 unspecified atom stereocenters. The van der Waals surface area contributed by atoms with E-state index in [0.29, 0.717) is 31.0 Å². The van der Waals surface area contributed by atoms with E-state index in [1.165, 1.54) is 22.2 Å². The number of hydrogen-bond donors (Lipinski definition) is 2. The SMILES string of the molecule is O=C(NCCc1cccs1)c1ccc(NC(=O)N2CCc3ccccc3C2)nc1. The first-order valence-electron chi connectivity index (χ1n) is 9.58. The maximum atomic E-state index is 12.5. The number of nitrogens with zero attached hydrogens (tertiary/aromatic N) is 2. The Morgan fingerprint density at radius 3 is 2.69 bits per heavy atom. The van der Waals surface area contributed by atoms with E-state index in [1.807, 2.05) is 23.6 Å². The van der Waals surface area contributed by atoms with Crippen molar-refractivity contribution in [3.05, 3.63) is 81.7 Å². The summed E-state index contributed by atoms with van der Waals surface area (Å²) < 4.78 is 0. The van der Waals surface area contributed by atoms with Crippen LogP contribution in [0.2, 0.25) is 0 Å². The Balaban J connectivity index is 1.29. The fourth-order valence-corrected chi connectivity index (χ4v) is 4.02. The highest BCUT2D eigenvalue weighted by molar-refractivity contribution is 7.09. The molecule has 2 aromatic heterocycles. The molecule has 0 aliphatic carbocycles. The molecule has 1 aliphatic heterocycles. The summed E-state index contributed by atoms with van der Waals surface area (Å²) in [7, 11) is 0. The quantitative estimate of drug-likeness (QED) is 0.678. The van der Waals surface area contributed by atoms with Crippen molar-refractivity contribution in [3.63, 3.8) is 0 Å². The molecular formula is C22H22N4O2S. The number of aromatic nitrogens is 1. The van der Waals surface area contributed by atoms with Gasteiger partial charge in [0.15, 0.2) is 0 Å². The largest absolute Gasteiger partial charge is 0.352 e. The molecule has 0 radical (unpaired) electrons. The smallest absolute Gasteiger partial charge is 0.323 e. The first-order valence-corrected chi connectivity index (χ1v) is 10.5. The molecule has 0 spiro atoms. The van der Waals surface area contributed by atoms with Gasteiger partial charge in [0, 0.05) is 30.7 Å². The minimum absolute atomic E-state index is 0.167. The van der Waals surface area contributed by atoms with Gasteiger partial charge in [-0.3, -0.25) is 10.1 Å². The average molecular weight is 407 g/mol. The predicted molar refractivity (Wildman–Crippen MR) is 114 cm³/mol. The van der Waals surface area contributed by atoms with Gasteiger partial charge in [-0.2, -0.15) is 0 Å². The highest BCUT2D eigenvalue weighted by Crippen LogP contribution is 2.19. The Morgan fingerprint density at radius 1 is 1.07 bits per heavy atom. The lowest BCUT2D eigenvalue weighted by Gasteiger charge is -2.28. The van der Waals surface area contributed by atoms with Crippen molar-refractivity contribution in [3.8, 4) is 0 Å². The van der Waals surface area contributed by atoms with E-state index in [4.69, 9.17) is 0 Å². The summed E-state index contributed by atoms with van der Waals surface area (Å²) in [6.07, 6.45) is 3.15. The van der Waals surface area contributed by atoms with Gasteiger partial charge in [-0.25, -0.2) is 9.78 Å². The van der Waals surface area contributed by atoms with Crippen molar-refractivity contribution in [1.82, 2.24) is 15.2 Å². The van der Waals surface area contributed by atoms with Crippen LogP contribution in [0, 0.1) is 0 Å². The van der Waals surface area contributed by atoms with E-state index >= 15 is 0 Å². The number of rotatable bonds is 5. The third kappa shape index (κ3) is 4.81. The first-order chi connectivity index (χ1) is 14.2. The molecule has 3 amide bonds. The molecule has 148 valence electrons. The molecule has 0 atom stereocenters. The molecule has 0 bridgehead atoms. The van der Waals surface area contributed by atoms with Gasteiger partial charge < -0.3 is 10.2 Å². The summed E-state index contributed by atoms with van der Waals surface area (Å²) in [6.45, 7) is 1.84. The van der Waals surface area contributed by atoms with Crippen LogP contribution >= 0.6 is 11.3 Å². The molecule has 29 heavy (non-hydrogen) atoms. The van der Waals surface area contributed by atoms with Gasteiger partial charge in [0.2, 0.25) is 0 Å². The molecule has 0 saturated carbocycles. The van der Waals surface area contributed by atoms with Gasteiger partial charge in [-0.05, 0) is 47.5 Å². The second kappa shape index (κ2) is 8.87. The lowest BCUT2D eigenvalue weighted by molar-refractivity contribution is 0.0954. The number of fused-ring (bicyclic) bond motifs is 1.